The van der Waals surface area contributed by atoms with Crippen molar-refractivity contribution in [1.82, 2.24) is 5.32 Å². The molecule has 2 rings (SSSR count). The number of alkyl halides is 1. The molecule has 0 atom stereocenters. The van der Waals surface area contributed by atoms with E-state index < -0.39 is 0 Å². The van der Waals surface area contributed by atoms with Crippen LogP contribution in [0.4, 0.5) is 0 Å². The highest BCUT2D eigenvalue weighted by molar-refractivity contribution is 6.17. The fourth-order valence-corrected chi connectivity index (χ4v) is 2.27. The van der Waals surface area contributed by atoms with Gasteiger partial charge in [0.1, 0.15) is 0 Å². The van der Waals surface area contributed by atoms with Gasteiger partial charge in [-0.15, -0.1) is 11.6 Å². The normalized spacial score (nSPS) is 10.7. The van der Waals surface area contributed by atoms with Crippen molar-refractivity contribution in [1.29, 1.82) is 0 Å². The largest absolute Gasteiger partial charge is 0.348 e. The maximum Gasteiger partial charge on any atom is 0.251 e. The van der Waals surface area contributed by atoms with Crippen LogP contribution < -0.4 is 5.32 Å². The summed E-state index contributed by atoms with van der Waals surface area (Å²) in [6.45, 7) is 4.86. The van der Waals surface area contributed by atoms with Crippen molar-refractivity contribution in [3.63, 3.8) is 0 Å². The van der Waals surface area contributed by atoms with Gasteiger partial charge in [-0.25, -0.2) is 0 Å². The van der Waals surface area contributed by atoms with Gasteiger partial charge in [0.2, 0.25) is 0 Å². The molecule has 0 aliphatic carbocycles. The van der Waals surface area contributed by atoms with Gasteiger partial charge < -0.3 is 5.32 Å². The molecule has 2 aromatic carbocycles. The van der Waals surface area contributed by atoms with Gasteiger partial charge in [0.05, 0.1) is 0 Å². The molecule has 1 amide bonds. The Kier molecular flexibility index (Phi) is 5.40. The summed E-state index contributed by atoms with van der Waals surface area (Å²) in [6.07, 6.45) is 0. The summed E-state index contributed by atoms with van der Waals surface area (Å²) in [5.41, 5.74) is 4.00. The first-order valence-electron chi connectivity index (χ1n) is 7.12. The van der Waals surface area contributed by atoms with Gasteiger partial charge in [0, 0.05) is 18.0 Å². The molecule has 0 fully saturated rings. The Morgan fingerprint density at radius 3 is 2.43 bits per heavy atom. The number of amides is 1. The zero-order chi connectivity index (χ0) is 15.2. The van der Waals surface area contributed by atoms with Crippen LogP contribution in [0.1, 0.15) is 46.8 Å². The Hall–Kier alpha value is -1.80. The van der Waals surface area contributed by atoms with Gasteiger partial charge in [-0.2, -0.15) is 0 Å². The second-order valence-electron chi connectivity index (χ2n) is 5.41. The van der Waals surface area contributed by atoms with Crippen LogP contribution in [0.3, 0.4) is 0 Å². The number of benzene rings is 2. The third-order valence-corrected chi connectivity index (χ3v) is 3.75. The van der Waals surface area contributed by atoms with Crippen LogP contribution in [-0.2, 0) is 12.4 Å². The predicted molar refractivity (Wildman–Crippen MR) is 87.7 cm³/mol. The minimum atomic E-state index is -0.0742. The van der Waals surface area contributed by atoms with Crippen LogP contribution in [-0.4, -0.2) is 5.91 Å². The number of hydrogen-bond acceptors (Lipinski definition) is 1. The first-order valence-corrected chi connectivity index (χ1v) is 7.65. The molecule has 0 spiro atoms. The molecule has 0 saturated heterocycles. The second-order valence-corrected chi connectivity index (χ2v) is 5.68. The van der Waals surface area contributed by atoms with Crippen LogP contribution >= 0.6 is 11.6 Å². The van der Waals surface area contributed by atoms with Crippen molar-refractivity contribution >= 4 is 17.5 Å². The van der Waals surface area contributed by atoms with E-state index in [4.69, 9.17) is 11.6 Å². The average molecular weight is 302 g/mol. The number of halogens is 1. The van der Waals surface area contributed by atoms with E-state index in [2.05, 4.69) is 43.4 Å². The highest BCUT2D eigenvalue weighted by Gasteiger charge is 2.06. The predicted octanol–water partition coefficient (Wildman–Crippen LogP) is 4.48. The van der Waals surface area contributed by atoms with Gasteiger partial charge in [-0.3, -0.25) is 4.79 Å². The molecule has 0 heterocycles. The molecule has 0 aromatic heterocycles. The van der Waals surface area contributed by atoms with E-state index in [9.17, 15) is 4.79 Å². The van der Waals surface area contributed by atoms with Gasteiger partial charge in [0.15, 0.2) is 0 Å². The Labute approximate surface area is 131 Å². The molecule has 0 saturated carbocycles. The molecule has 0 radical (unpaired) electrons. The Balaban J connectivity index is 1.97. The van der Waals surface area contributed by atoms with E-state index in [-0.39, 0.29) is 5.91 Å². The van der Waals surface area contributed by atoms with E-state index in [1.807, 2.05) is 18.2 Å². The Bertz CT molecular complexity index is 605. The fraction of sp³-hybridized carbons (Fsp3) is 0.278. The van der Waals surface area contributed by atoms with Crippen LogP contribution in [0.5, 0.6) is 0 Å². The maximum absolute atomic E-state index is 12.1. The summed E-state index contributed by atoms with van der Waals surface area (Å²) >= 11 is 5.79. The smallest absolute Gasteiger partial charge is 0.251 e. The minimum absolute atomic E-state index is 0.0742. The van der Waals surface area contributed by atoms with E-state index in [0.717, 1.165) is 11.1 Å². The quantitative estimate of drug-likeness (QED) is 0.811. The number of carbonyl (C=O) groups excluding carboxylic acids is 1. The SMILES string of the molecule is CC(C)c1ccc(CNC(=O)c2cccc(CCl)c2)cc1. The highest BCUT2D eigenvalue weighted by Crippen LogP contribution is 2.14. The topological polar surface area (TPSA) is 29.1 Å². The first-order chi connectivity index (χ1) is 10.1. The van der Waals surface area contributed by atoms with E-state index in [1.165, 1.54) is 5.56 Å². The van der Waals surface area contributed by atoms with Crippen molar-refractivity contribution in [2.75, 3.05) is 0 Å². The molecule has 110 valence electrons. The molecule has 0 unspecified atom stereocenters. The molecule has 21 heavy (non-hydrogen) atoms. The fourth-order valence-electron chi connectivity index (χ4n) is 2.10. The molecule has 0 aliphatic rings. The van der Waals surface area contributed by atoms with Crippen molar-refractivity contribution < 1.29 is 4.79 Å². The van der Waals surface area contributed by atoms with E-state index >= 15 is 0 Å². The maximum atomic E-state index is 12.1. The third-order valence-electron chi connectivity index (χ3n) is 3.44. The van der Waals surface area contributed by atoms with Gasteiger partial charge >= 0.3 is 0 Å². The third kappa shape index (κ3) is 4.33. The zero-order valence-corrected chi connectivity index (χ0v) is 13.2. The first kappa shape index (κ1) is 15.6. The Morgan fingerprint density at radius 2 is 1.81 bits per heavy atom. The van der Waals surface area contributed by atoms with E-state index in [0.29, 0.717) is 23.9 Å². The van der Waals surface area contributed by atoms with Crippen molar-refractivity contribution in [2.45, 2.75) is 32.2 Å². The lowest BCUT2D eigenvalue weighted by atomic mass is 10.0. The lowest BCUT2D eigenvalue weighted by Gasteiger charge is -2.09. The minimum Gasteiger partial charge on any atom is -0.348 e. The monoisotopic (exact) mass is 301 g/mol. The van der Waals surface area contributed by atoms with Gasteiger partial charge in [-0.05, 0) is 34.7 Å². The van der Waals surface area contributed by atoms with Crippen LogP contribution in [0.15, 0.2) is 48.5 Å². The van der Waals surface area contributed by atoms with Crippen LogP contribution in [0, 0.1) is 0 Å². The van der Waals surface area contributed by atoms with Crippen molar-refractivity contribution in [3.8, 4) is 0 Å². The lowest BCUT2D eigenvalue weighted by molar-refractivity contribution is 0.0951. The molecule has 0 aliphatic heterocycles. The summed E-state index contributed by atoms with van der Waals surface area (Å²) < 4.78 is 0. The molecular weight excluding hydrogens is 282 g/mol. The number of carbonyl (C=O) groups is 1. The highest BCUT2D eigenvalue weighted by atomic mass is 35.5. The lowest BCUT2D eigenvalue weighted by Crippen LogP contribution is -2.22. The zero-order valence-electron chi connectivity index (χ0n) is 12.4. The molecule has 0 bridgehead atoms. The molecule has 3 heteroatoms. The van der Waals surface area contributed by atoms with Gasteiger partial charge in [-0.1, -0.05) is 50.2 Å². The van der Waals surface area contributed by atoms with Crippen LogP contribution in [0.2, 0.25) is 0 Å². The number of nitrogens with one attached hydrogen (secondary N) is 1. The van der Waals surface area contributed by atoms with Gasteiger partial charge in [0.25, 0.3) is 5.91 Å². The molecular formula is C18H20ClNO. The summed E-state index contributed by atoms with van der Waals surface area (Å²) in [5, 5.41) is 2.93. The number of hydrogen-bond donors (Lipinski definition) is 1. The van der Waals surface area contributed by atoms with E-state index in [1.54, 1.807) is 6.07 Å². The van der Waals surface area contributed by atoms with Crippen LogP contribution in [0.25, 0.3) is 0 Å². The summed E-state index contributed by atoms with van der Waals surface area (Å²) in [7, 11) is 0. The summed E-state index contributed by atoms with van der Waals surface area (Å²) in [4.78, 5) is 12.1. The standard InChI is InChI=1S/C18H20ClNO/c1-13(2)16-8-6-14(7-9-16)12-20-18(21)17-5-3-4-15(10-17)11-19/h3-10,13H,11-12H2,1-2H3,(H,20,21). The molecule has 2 aromatic rings. The average Bonchev–Trinajstić information content (AvgIpc) is 2.53. The number of rotatable bonds is 5. The molecule has 2 nitrogen and oxygen atoms in total. The summed E-state index contributed by atoms with van der Waals surface area (Å²) in [6, 6.07) is 15.7. The summed E-state index contributed by atoms with van der Waals surface area (Å²) in [5.74, 6) is 0.861. The Morgan fingerprint density at radius 1 is 1.10 bits per heavy atom. The van der Waals surface area contributed by atoms with Crippen molar-refractivity contribution in [3.05, 3.63) is 70.8 Å². The van der Waals surface area contributed by atoms with Crippen molar-refractivity contribution in [2.24, 2.45) is 0 Å². The molecule has 1 N–H and O–H groups in total. The second kappa shape index (κ2) is 7.28.